The number of hydroxylamine groups is 1. The van der Waals surface area contributed by atoms with Gasteiger partial charge in [0, 0.05) is 0 Å². The van der Waals surface area contributed by atoms with Gasteiger partial charge >= 0.3 is 0 Å². The highest BCUT2D eigenvalue weighted by Gasteiger charge is 2.05. The third kappa shape index (κ3) is 1.49. The number of rotatable bonds is 2. The van der Waals surface area contributed by atoms with Crippen molar-refractivity contribution in [3.05, 3.63) is 11.1 Å². The van der Waals surface area contributed by atoms with Gasteiger partial charge in [-0.15, -0.1) is 5.10 Å². The maximum absolute atomic E-state index is 10.8. The molecule has 1 rings (SSSR count). The van der Waals surface area contributed by atoms with E-state index in [1.54, 1.807) is 0 Å². The second-order valence-electron chi connectivity index (χ2n) is 1.42. The average molecular weight is 159 g/mol. The van der Waals surface area contributed by atoms with Gasteiger partial charge in [-0.25, -0.2) is 5.48 Å². The van der Waals surface area contributed by atoms with E-state index in [2.05, 4.69) is 19.9 Å². The fourth-order valence-corrected chi connectivity index (χ4v) is 0.811. The molecule has 0 spiro atoms. The van der Waals surface area contributed by atoms with E-state index in [1.807, 2.05) is 0 Å². The van der Waals surface area contributed by atoms with Crippen LogP contribution >= 0.6 is 11.5 Å². The first-order chi connectivity index (χ1) is 4.84. The molecule has 1 aromatic heterocycles. The van der Waals surface area contributed by atoms with Crippen LogP contribution in [-0.4, -0.2) is 22.6 Å². The number of nitrogens with zero attached hydrogens (tertiary/aromatic N) is 2. The molecule has 0 radical (unpaired) electrons. The van der Waals surface area contributed by atoms with Crippen LogP contribution in [0.5, 0.6) is 0 Å². The van der Waals surface area contributed by atoms with E-state index in [4.69, 9.17) is 0 Å². The zero-order valence-electron chi connectivity index (χ0n) is 5.20. The first kappa shape index (κ1) is 7.10. The molecule has 0 aliphatic carbocycles. The standard InChI is InChI=1S/C4H5N3O2S/c1-9-6-4(8)3-2-5-7-10-3/h2H,1H3,(H,6,8). The largest absolute Gasteiger partial charge is 0.288 e. The molecular formula is C4H5N3O2S. The van der Waals surface area contributed by atoms with E-state index in [9.17, 15) is 4.79 Å². The Hall–Kier alpha value is -1.01. The van der Waals surface area contributed by atoms with Crippen LogP contribution in [0, 0.1) is 0 Å². The molecule has 1 amide bonds. The number of hydrogen-bond acceptors (Lipinski definition) is 5. The van der Waals surface area contributed by atoms with Crippen LogP contribution in [0.3, 0.4) is 0 Å². The van der Waals surface area contributed by atoms with Crippen molar-refractivity contribution < 1.29 is 9.63 Å². The van der Waals surface area contributed by atoms with E-state index in [0.29, 0.717) is 4.88 Å². The summed E-state index contributed by atoms with van der Waals surface area (Å²) in [6.07, 6.45) is 1.37. The van der Waals surface area contributed by atoms with Crippen LogP contribution in [0.4, 0.5) is 0 Å². The van der Waals surface area contributed by atoms with Crippen LogP contribution in [-0.2, 0) is 4.84 Å². The smallest absolute Gasteiger partial charge is 0.277 e. The van der Waals surface area contributed by atoms with Crippen LogP contribution in [0.25, 0.3) is 0 Å². The summed E-state index contributed by atoms with van der Waals surface area (Å²) in [4.78, 5) is 15.6. The highest BCUT2D eigenvalue weighted by atomic mass is 32.1. The zero-order chi connectivity index (χ0) is 7.40. The molecule has 1 heterocycles. The van der Waals surface area contributed by atoms with Crippen LogP contribution in [0.15, 0.2) is 6.20 Å². The summed E-state index contributed by atoms with van der Waals surface area (Å²) < 4.78 is 3.50. The van der Waals surface area contributed by atoms with Gasteiger partial charge in [-0.3, -0.25) is 9.63 Å². The Balaban J connectivity index is 2.59. The lowest BCUT2D eigenvalue weighted by molar-refractivity contribution is 0.0542. The lowest BCUT2D eigenvalue weighted by Crippen LogP contribution is -2.20. The molecule has 0 saturated carbocycles. The highest BCUT2D eigenvalue weighted by Crippen LogP contribution is 1.99. The Morgan fingerprint density at radius 1 is 1.90 bits per heavy atom. The Bertz CT molecular complexity index is 210. The predicted molar refractivity (Wildman–Crippen MR) is 34.4 cm³/mol. The fraction of sp³-hybridized carbons (Fsp3) is 0.250. The molecule has 0 saturated heterocycles. The monoisotopic (exact) mass is 159 g/mol. The maximum Gasteiger partial charge on any atom is 0.288 e. The minimum Gasteiger partial charge on any atom is -0.277 e. The number of hydrogen-bond donors (Lipinski definition) is 1. The molecular weight excluding hydrogens is 154 g/mol. The van der Waals surface area contributed by atoms with Crippen molar-refractivity contribution >= 4 is 17.4 Å². The van der Waals surface area contributed by atoms with Gasteiger partial charge in [0.1, 0.15) is 4.88 Å². The van der Waals surface area contributed by atoms with Gasteiger partial charge in [0.05, 0.1) is 13.3 Å². The first-order valence-electron chi connectivity index (χ1n) is 2.45. The van der Waals surface area contributed by atoms with Crippen molar-refractivity contribution in [2.75, 3.05) is 7.11 Å². The molecule has 6 heteroatoms. The molecule has 0 aliphatic rings. The topological polar surface area (TPSA) is 64.1 Å². The molecule has 5 nitrogen and oxygen atoms in total. The summed E-state index contributed by atoms with van der Waals surface area (Å²) in [5, 5.41) is 3.48. The summed E-state index contributed by atoms with van der Waals surface area (Å²) in [5.74, 6) is -0.322. The number of nitrogens with one attached hydrogen (secondary N) is 1. The molecule has 0 aromatic carbocycles. The number of carbonyl (C=O) groups is 1. The summed E-state index contributed by atoms with van der Waals surface area (Å²) in [5.41, 5.74) is 2.14. The highest BCUT2D eigenvalue weighted by molar-refractivity contribution is 7.07. The molecule has 54 valence electrons. The summed E-state index contributed by atoms with van der Waals surface area (Å²) >= 11 is 1.02. The van der Waals surface area contributed by atoms with Gasteiger partial charge in [-0.05, 0) is 11.5 Å². The fourth-order valence-electron chi connectivity index (χ4n) is 0.410. The number of carbonyl (C=O) groups excluding carboxylic acids is 1. The molecule has 0 unspecified atom stereocenters. The van der Waals surface area contributed by atoms with E-state index in [1.165, 1.54) is 13.3 Å². The van der Waals surface area contributed by atoms with Gasteiger partial charge in [0.15, 0.2) is 0 Å². The second-order valence-corrected chi connectivity index (χ2v) is 2.20. The minimum absolute atomic E-state index is 0.322. The first-order valence-corrected chi connectivity index (χ1v) is 3.22. The van der Waals surface area contributed by atoms with Crippen molar-refractivity contribution in [3.63, 3.8) is 0 Å². The third-order valence-corrected chi connectivity index (χ3v) is 1.44. The van der Waals surface area contributed by atoms with Gasteiger partial charge in [0.25, 0.3) is 5.91 Å². The lowest BCUT2D eigenvalue weighted by Gasteiger charge is -1.94. The molecule has 0 atom stereocenters. The van der Waals surface area contributed by atoms with Crippen molar-refractivity contribution in [1.82, 2.24) is 15.1 Å². The van der Waals surface area contributed by atoms with E-state index in [0.717, 1.165) is 11.5 Å². The predicted octanol–water partition coefficient (Wildman–Crippen LogP) is -0.171. The Morgan fingerprint density at radius 3 is 3.20 bits per heavy atom. The number of amides is 1. The van der Waals surface area contributed by atoms with E-state index < -0.39 is 0 Å². The Morgan fingerprint density at radius 2 is 2.70 bits per heavy atom. The molecule has 0 aliphatic heterocycles. The Kier molecular flexibility index (Phi) is 2.30. The van der Waals surface area contributed by atoms with Gasteiger partial charge < -0.3 is 0 Å². The molecule has 10 heavy (non-hydrogen) atoms. The SMILES string of the molecule is CONC(=O)c1cnns1. The molecule has 0 bridgehead atoms. The normalized spacial score (nSPS) is 9.30. The van der Waals surface area contributed by atoms with Crippen molar-refractivity contribution in [2.45, 2.75) is 0 Å². The molecule has 1 aromatic rings. The van der Waals surface area contributed by atoms with Gasteiger partial charge in [0.2, 0.25) is 0 Å². The minimum atomic E-state index is -0.322. The number of aromatic nitrogens is 2. The van der Waals surface area contributed by atoms with Crippen molar-refractivity contribution in [1.29, 1.82) is 0 Å². The lowest BCUT2D eigenvalue weighted by atomic mass is 10.5. The van der Waals surface area contributed by atoms with E-state index in [-0.39, 0.29) is 5.91 Å². The average Bonchev–Trinajstić information content (AvgIpc) is 2.38. The zero-order valence-corrected chi connectivity index (χ0v) is 6.01. The summed E-state index contributed by atoms with van der Waals surface area (Å²) in [6, 6.07) is 0. The third-order valence-electron chi connectivity index (χ3n) is 0.780. The second kappa shape index (κ2) is 3.23. The van der Waals surface area contributed by atoms with Crippen LogP contribution in [0.2, 0.25) is 0 Å². The van der Waals surface area contributed by atoms with Gasteiger partial charge in [-0.2, -0.15) is 0 Å². The molecule has 1 N–H and O–H groups in total. The summed E-state index contributed by atoms with van der Waals surface area (Å²) in [6.45, 7) is 0. The van der Waals surface area contributed by atoms with Crippen molar-refractivity contribution in [3.8, 4) is 0 Å². The molecule has 0 fully saturated rings. The van der Waals surface area contributed by atoms with E-state index >= 15 is 0 Å². The summed E-state index contributed by atoms with van der Waals surface area (Å²) in [7, 11) is 1.37. The van der Waals surface area contributed by atoms with Crippen LogP contribution < -0.4 is 5.48 Å². The van der Waals surface area contributed by atoms with Crippen molar-refractivity contribution in [2.24, 2.45) is 0 Å². The van der Waals surface area contributed by atoms with Crippen LogP contribution in [0.1, 0.15) is 9.67 Å². The maximum atomic E-state index is 10.8. The quantitative estimate of drug-likeness (QED) is 0.608. The Labute approximate surface area is 61.1 Å². The van der Waals surface area contributed by atoms with Gasteiger partial charge in [-0.1, -0.05) is 4.49 Å².